The van der Waals surface area contributed by atoms with Gasteiger partial charge in [0.1, 0.15) is 0 Å². The van der Waals surface area contributed by atoms with Crippen molar-refractivity contribution in [1.29, 1.82) is 0 Å². The summed E-state index contributed by atoms with van der Waals surface area (Å²) in [5.41, 5.74) is 2.40. The van der Waals surface area contributed by atoms with Crippen molar-refractivity contribution in [2.75, 3.05) is 18.0 Å². The third-order valence-corrected chi connectivity index (χ3v) is 9.48. The van der Waals surface area contributed by atoms with Crippen LogP contribution in [-0.2, 0) is 4.43 Å². The number of hydrogen-bond acceptors (Lipinski definition) is 2. The van der Waals surface area contributed by atoms with Gasteiger partial charge in [0.15, 0.2) is 8.32 Å². The second-order valence-corrected chi connectivity index (χ2v) is 12.4. The largest absolute Gasteiger partial charge is 0.410 e. The lowest BCUT2D eigenvalue weighted by atomic mass is 10.1. The molecule has 0 spiro atoms. The molecule has 1 aliphatic rings. The fraction of sp³-hybridized carbons (Fsp3) is 0.667. The number of rotatable bonds is 4. The van der Waals surface area contributed by atoms with E-state index in [9.17, 15) is 0 Å². The maximum Gasteiger partial charge on any atom is 0.192 e. The van der Waals surface area contributed by atoms with E-state index in [0.29, 0.717) is 0 Å². The van der Waals surface area contributed by atoms with E-state index in [1.807, 2.05) is 0 Å². The van der Waals surface area contributed by atoms with Crippen molar-refractivity contribution in [3.63, 3.8) is 0 Å². The number of hydrogen-bond donors (Lipinski definition) is 0. The summed E-state index contributed by atoms with van der Waals surface area (Å²) in [4.78, 5) is 2.18. The fourth-order valence-electron chi connectivity index (χ4n) is 2.46. The van der Waals surface area contributed by atoms with Gasteiger partial charge in [0.25, 0.3) is 0 Å². The lowest BCUT2D eigenvalue weighted by molar-refractivity contribution is 0.203. The number of anilines is 1. The number of benzene rings is 1. The molecule has 0 bridgehead atoms. The second kappa shape index (κ2) is 6.13. The van der Waals surface area contributed by atoms with E-state index in [1.165, 1.54) is 11.3 Å². The average Bonchev–Trinajstić information content (AvgIpc) is 2.83. The highest BCUT2D eigenvalue weighted by atomic mass is 28.4. The van der Waals surface area contributed by atoms with Gasteiger partial charge in [0.2, 0.25) is 0 Å². The summed E-state index contributed by atoms with van der Waals surface area (Å²) in [7, 11) is -1.74. The molecule has 0 amide bonds. The molecule has 1 aromatic rings. The Morgan fingerprint density at radius 3 is 2.29 bits per heavy atom. The van der Waals surface area contributed by atoms with E-state index < -0.39 is 8.32 Å². The number of nitrogens with zero attached hydrogens (tertiary/aromatic N) is 1. The first kappa shape index (κ1) is 15.1. The van der Waals surface area contributed by atoms with Crippen molar-refractivity contribution >= 4 is 14.0 Å². The minimum absolute atomic E-state index is 0.0771. The molecule has 0 aromatic heterocycles. The molecule has 1 aromatic carbocycles. The molecule has 0 N–H and O–H groups in total. The highest BCUT2D eigenvalue weighted by molar-refractivity contribution is 6.74. The van der Waals surface area contributed by atoms with Gasteiger partial charge in [-0.3, -0.25) is 0 Å². The molecule has 0 saturated carbocycles. The molecule has 21 heavy (non-hydrogen) atoms. The van der Waals surface area contributed by atoms with Crippen molar-refractivity contribution in [1.82, 2.24) is 0 Å². The molecule has 2 atom stereocenters. The molecule has 1 fully saturated rings. The van der Waals surface area contributed by atoms with Crippen LogP contribution in [0.1, 0.15) is 53.6 Å². The van der Waals surface area contributed by atoms with Crippen LogP contribution >= 0.6 is 0 Å². The Morgan fingerprint density at radius 2 is 1.81 bits per heavy atom. The van der Waals surface area contributed by atoms with Crippen LogP contribution in [0.15, 0.2) is 24.3 Å². The van der Waals surface area contributed by atoms with E-state index in [-0.39, 0.29) is 17.7 Å². The molecule has 1 heterocycles. The Balaban J connectivity index is 2.07. The third-order valence-electron chi connectivity index (χ3n) is 4.92. The average molecular weight is 307 g/mol. The van der Waals surface area contributed by atoms with Crippen LogP contribution in [0, 0.1) is 0 Å². The molecular formula is C18H31NOSi. The molecule has 0 radical (unpaired) electrons. The van der Waals surface area contributed by atoms with Gasteiger partial charge in [0, 0.05) is 20.1 Å². The maximum atomic E-state index is 8.06. The normalized spacial score (nSPS) is 22.3. The Morgan fingerprint density at radius 1 is 1.19 bits per heavy atom. The van der Waals surface area contributed by atoms with Gasteiger partial charge in [-0.25, -0.2) is 0 Å². The summed E-state index contributed by atoms with van der Waals surface area (Å²) < 4.78 is 14.5. The second-order valence-electron chi connectivity index (χ2n) is 7.63. The predicted octanol–water partition coefficient (Wildman–Crippen LogP) is 5.37. The van der Waals surface area contributed by atoms with Crippen molar-refractivity contribution in [2.45, 2.75) is 64.8 Å². The van der Waals surface area contributed by atoms with Crippen LogP contribution in [0.4, 0.5) is 5.69 Å². The molecule has 2 nitrogen and oxygen atoms in total. The predicted molar refractivity (Wildman–Crippen MR) is 94.6 cm³/mol. The molecule has 118 valence electrons. The van der Waals surface area contributed by atoms with Gasteiger partial charge in [-0.15, -0.1) is 0 Å². The monoisotopic (exact) mass is 306 g/mol. The Labute approximate surface area is 133 Å². The zero-order chi connectivity index (χ0) is 16.5. The van der Waals surface area contributed by atoms with Crippen LogP contribution in [0.25, 0.3) is 0 Å². The van der Waals surface area contributed by atoms with Crippen LogP contribution in [0.3, 0.4) is 0 Å². The summed E-state index contributed by atoms with van der Waals surface area (Å²) in [6, 6.07) is 8.62. The standard InChI is InChI=1S/C18H31NOSi/c1-15(20-21(5,6)18(2,3)4)16-9-11-17(12-10-16)19-13-7-8-14-19/h9-12,15H,7-8,13-14H2,1-6H3/t15-/m1/s1/i13D/t13-,15-. The van der Waals surface area contributed by atoms with E-state index >= 15 is 0 Å². The molecular weight excluding hydrogens is 274 g/mol. The molecule has 2 rings (SSSR count). The smallest absolute Gasteiger partial charge is 0.192 e. The van der Waals surface area contributed by atoms with Gasteiger partial charge in [0.05, 0.1) is 6.10 Å². The van der Waals surface area contributed by atoms with Gasteiger partial charge in [-0.05, 0) is 55.6 Å². The first-order chi connectivity index (χ1) is 10.1. The van der Waals surface area contributed by atoms with Gasteiger partial charge >= 0.3 is 0 Å². The molecule has 1 saturated heterocycles. The fourth-order valence-corrected chi connectivity index (χ4v) is 3.83. The Hall–Kier alpha value is -0.803. The summed E-state index contributed by atoms with van der Waals surface area (Å²) in [6.45, 7) is 14.5. The minimum atomic E-state index is -1.74. The summed E-state index contributed by atoms with van der Waals surface area (Å²) >= 11 is 0. The first-order valence-electron chi connectivity index (χ1n) is 8.66. The highest BCUT2D eigenvalue weighted by Gasteiger charge is 2.38. The molecule has 3 heteroatoms. The van der Waals surface area contributed by atoms with Gasteiger partial charge in [-0.1, -0.05) is 32.9 Å². The van der Waals surface area contributed by atoms with Crippen LogP contribution in [-0.4, -0.2) is 21.4 Å². The quantitative estimate of drug-likeness (QED) is 0.693. The van der Waals surface area contributed by atoms with E-state index in [2.05, 4.69) is 70.0 Å². The Bertz CT molecular complexity index is 495. The topological polar surface area (TPSA) is 12.5 Å². The first-order valence-corrected chi connectivity index (χ1v) is 11.0. The highest BCUT2D eigenvalue weighted by Crippen LogP contribution is 2.39. The van der Waals surface area contributed by atoms with Crippen molar-refractivity contribution in [3.05, 3.63) is 29.8 Å². The summed E-state index contributed by atoms with van der Waals surface area (Å²) in [6.07, 6.45) is 2.23. The SMILES string of the molecule is [2H][C@@H]1CCCN1c1ccc([C@@H](C)O[Si](C)(C)C(C)(C)C)cc1. The lowest BCUT2D eigenvalue weighted by Crippen LogP contribution is -2.41. The van der Waals surface area contributed by atoms with E-state index in [0.717, 1.165) is 19.4 Å². The third kappa shape index (κ3) is 3.89. The minimum Gasteiger partial charge on any atom is -0.410 e. The summed E-state index contributed by atoms with van der Waals surface area (Å²) in [5, 5.41) is 0.231. The summed E-state index contributed by atoms with van der Waals surface area (Å²) in [5.74, 6) is 0. The maximum absolute atomic E-state index is 8.06. The molecule has 0 unspecified atom stereocenters. The molecule has 1 aliphatic heterocycles. The Kier molecular flexibility index (Phi) is 4.41. The van der Waals surface area contributed by atoms with Crippen LogP contribution < -0.4 is 4.90 Å². The lowest BCUT2D eigenvalue weighted by Gasteiger charge is -2.38. The van der Waals surface area contributed by atoms with Gasteiger partial charge < -0.3 is 9.33 Å². The van der Waals surface area contributed by atoms with Crippen molar-refractivity contribution in [3.8, 4) is 0 Å². The van der Waals surface area contributed by atoms with Crippen molar-refractivity contribution in [2.24, 2.45) is 0 Å². The molecule has 0 aliphatic carbocycles. The van der Waals surface area contributed by atoms with Crippen LogP contribution in [0.5, 0.6) is 0 Å². The van der Waals surface area contributed by atoms with Gasteiger partial charge in [-0.2, -0.15) is 0 Å². The van der Waals surface area contributed by atoms with E-state index in [4.69, 9.17) is 5.80 Å². The van der Waals surface area contributed by atoms with Crippen LogP contribution in [0.2, 0.25) is 18.1 Å². The van der Waals surface area contributed by atoms with Crippen molar-refractivity contribution < 1.29 is 5.80 Å². The zero-order valence-electron chi connectivity index (χ0n) is 15.4. The van der Waals surface area contributed by atoms with E-state index in [1.54, 1.807) is 0 Å². The zero-order valence-corrected chi connectivity index (χ0v) is 15.4.